The molecule has 2 atom stereocenters. The number of hydrogen-bond acceptors (Lipinski definition) is 2. The molecule has 5 heteroatoms. The van der Waals surface area contributed by atoms with Crippen LogP contribution in [0.1, 0.15) is 25.3 Å². The molecular formula is C18H28N3O2+. The molecule has 1 saturated heterocycles. The largest absolute Gasteiger partial charge is 0.332 e. The van der Waals surface area contributed by atoms with E-state index in [1.165, 1.54) is 22.6 Å². The first-order chi connectivity index (χ1) is 10.9. The van der Waals surface area contributed by atoms with Crippen LogP contribution in [0.25, 0.3) is 0 Å². The van der Waals surface area contributed by atoms with Crippen molar-refractivity contribution in [2.45, 2.75) is 26.7 Å². The Labute approximate surface area is 138 Å². The highest BCUT2D eigenvalue weighted by Crippen LogP contribution is 2.08. The Kier molecular flexibility index (Phi) is 6.16. The average Bonchev–Trinajstić information content (AvgIpc) is 2.49. The smallest absolute Gasteiger partial charge is 0.277 e. The van der Waals surface area contributed by atoms with E-state index in [0.717, 1.165) is 24.3 Å². The number of amides is 2. The zero-order chi connectivity index (χ0) is 16.8. The van der Waals surface area contributed by atoms with E-state index < -0.39 is 0 Å². The number of likely N-dealkylation sites (tertiary alicyclic amines) is 1. The topological polar surface area (TPSA) is 53.9 Å². The molecule has 2 amide bonds. The third kappa shape index (κ3) is 5.67. The Hall–Kier alpha value is -1.88. The molecule has 5 nitrogen and oxygen atoms in total. The maximum Gasteiger partial charge on any atom is 0.277 e. The molecule has 1 aliphatic rings. The molecule has 0 aromatic heterocycles. The number of hydrogen-bond donors (Lipinski definition) is 2. The number of aryl methyl sites for hydroxylation is 1. The van der Waals surface area contributed by atoms with Gasteiger partial charge in [-0.25, -0.2) is 0 Å². The van der Waals surface area contributed by atoms with Gasteiger partial charge in [-0.1, -0.05) is 24.6 Å². The van der Waals surface area contributed by atoms with Gasteiger partial charge in [0.2, 0.25) is 5.91 Å². The van der Waals surface area contributed by atoms with Gasteiger partial charge in [0.05, 0.1) is 19.6 Å². The number of nitrogens with zero attached hydrogens (tertiary/aromatic N) is 1. The molecule has 23 heavy (non-hydrogen) atoms. The number of benzene rings is 1. The number of carbonyl (C=O) groups is 2. The van der Waals surface area contributed by atoms with Crippen LogP contribution in [0.5, 0.6) is 0 Å². The van der Waals surface area contributed by atoms with Crippen LogP contribution < -0.4 is 10.2 Å². The normalized spacial score (nSPS) is 20.8. The minimum absolute atomic E-state index is 0.0353. The van der Waals surface area contributed by atoms with Crippen LogP contribution in [0.3, 0.4) is 0 Å². The fourth-order valence-electron chi connectivity index (χ4n) is 3.05. The first-order valence-corrected chi connectivity index (χ1v) is 8.38. The van der Waals surface area contributed by atoms with Gasteiger partial charge in [-0.2, -0.15) is 0 Å². The number of likely N-dealkylation sites (N-methyl/N-ethyl adjacent to an activating group) is 1. The first kappa shape index (κ1) is 17.5. The van der Waals surface area contributed by atoms with E-state index in [4.69, 9.17) is 0 Å². The summed E-state index contributed by atoms with van der Waals surface area (Å²) in [7, 11) is 1.70. The van der Waals surface area contributed by atoms with Crippen molar-refractivity contribution >= 4 is 17.5 Å². The Morgan fingerprint density at radius 1 is 1.30 bits per heavy atom. The van der Waals surface area contributed by atoms with Gasteiger partial charge in [0, 0.05) is 18.7 Å². The molecule has 1 aromatic rings. The van der Waals surface area contributed by atoms with Crippen molar-refractivity contribution in [1.82, 2.24) is 4.90 Å². The molecule has 0 aliphatic carbocycles. The van der Waals surface area contributed by atoms with Crippen LogP contribution in [-0.2, 0) is 9.59 Å². The number of piperidine rings is 1. The van der Waals surface area contributed by atoms with Crippen molar-refractivity contribution in [3.8, 4) is 0 Å². The average molecular weight is 318 g/mol. The molecule has 0 saturated carbocycles. The standard InChI is InChI=1S/C18H27N3O2/c1-14-6-8-16(9-7-14)19-17(22)12-20(3)18(23)13-21-10-4-5-15(2)11-21/h6-9,15H,4-5,10-13H2,1-3H3,(H,19,22)/p+1/t15-/m1/s1. The molecular weight excluding hydrogens is 290 g/mol. The number of carbonyl (C=O) groups excluding carboxylic acids is 2. The van der Waals surface area contributed by atoms with Crippen molar-refractivity contribution in [1.29, 1.82) is 0 Å². The molecule has 0 bridgehead atoms. The van der Waals surface area contributed by atoms with Crippen LogP contribution in [0.2, 0.25) is 0 Å². The monoisotopic (exact) mass is 318 g/mol. The zero-order valence-electron chi connectivity index (χ0n) is 14.4. The minimum atomic E-state index is -0.160. The van der Waals surface area contributed by atoms with E-state index in [0.29, 0.717) is 12.5 Å². The van der Waals surface area contributed by atoms with Gasteiger partial charge in [0.1, 0.15) is 0 Å². The summed E-state index contributed by atoms with van der Waals surface area (Å²) in [5, 5.41) is 2.83. The van der Waals surface area contributed by atoms with Crippen molar-refractivity contribution in [3.63, 3.8) is 0 Å². The lowest BCUT2D eigenvalue weighted by Crippen LogP contribution is -3.14. The van der Waals surface area contributed by atoms with Gasteiger partial charge in [-0.3, -0.25) is 9.59 Å². The van der Waals surface area contributed by atoms with Crippen LogP contribution in [0.4, 0.5) is 5.69 Å². The molecule has 1 aromatic carbocycles. The van der Waals surface area contributed by atoms with Gasteiger partial charge in [0.25, 0.3) is 5.91 Å². The van der Waals surface area contributed by atoms with Crippen molar-refractivity contribution in [2.24, 2.45) is 5.92 Å². The van der Waals surface area contributed by atoms with Crippen molar-refractivity contribution < 1.29 is 14.5 Å². The number of anilines is 1. The Morgan fingerprint density at radius 2 is 2.00 bits per heavy atom. The zero-order valence-corrected chi connectivity index (χ0v) is 14.4. The molecule has 2 rings (SSSR count). The van der Waals surface area contributed by atoms with Crippen LogP contribution in [0.15, 0.2) is 24.3 Å². The molecule has 126 valence electrons. The maximum absolute atomic E-state index is 12.3. The molecule has 0 spiro atoms. The summed E-state index contributed by atoms with van der Waals surface area (Å²) >= 11 is 0. The lowest BCUT2D eigenvalue weighted by molar-refractivity contribution is -0.900. The van der Waals surface area contributed by atoms with E-state index in [2.05, 4.69) is 12.2 Å². The third-order valence-corrected chi connectivity index (χ3v) is 4.41. The minimum Gasteiger partial charge on any atom is -0.332 e. The van der Waals surface area contributed by atoms with Gasteiger partial charge >= 0.3 is 0 Å². The van der Waals surface area contributed by atoms with E-state index >= 15 is 0 Å². The first-order valence-electron chi connectivity index (χ1n) is 8.38. The molecule has 1 heterocycles. The fourth-order valence-corrected chi connectivity index (χ4v) is 3.05. The summed E-state index contributed by atoms with van der Waals surface area (Å²) in [4.78, 5) is 27.2. The van der Waals surface area contributed by atoms with Crippen LogP contribution >= 0.6 is 0 Å². The van der Waals surface area contributed by atoms with Crippen LogP contribution in [-0.4, -0.2) is 49.9 Å². The Morgan fingerprint density at radius 3 is 2.65 bits per heavy atom. The fraction of sp³-hybridized carbons (Fsp3) is 0.556. The predicted molar refractivity (Wildman–Crippen MR) is 91.4 cm³/mol. The van der Waals surface area contributed by atoms with Gasteiger partial charge < -0.3 is 15.1 Å². The molecule has 1 unspecified atom stereocenters. The second-order valence-electron chi connectivity index (χ2n) is 6.79. The highest BCUT2D eigenvalue weighted by molar-refractivity contribution is 5.94. The molecule has 2 N–H and O–H groups in total. The van der Waals surface area contributed by atoms with Gasteiger partial charge in [0.15, 0.2) is 6.54 Å². The Bertz CT molecular complexity index is 542. The second-order valence-corrected chi connectivity index (χ2v) is 6.79. The van der Waals surface area contributed by atoms with E-state index in [-0.39, 0.29) is 18.4 Å². The predicted octanol–water partition coefficient (Wildman–Crippen LogP) is 0.707. The van der Waals surface area contributed by atoms with Crippen LogP contribution in [0, 0.1) is 12.8 Å². The van der Waals surface area contributed by atoms with Gasteiger partial charge in [-0.15, -0.1) is 0 Å². The van der Waals surface area contributed by atoms with Gasteiger partial charge in [-0.05, 0) is 31.9 Å². The SMILES string of the molecule is Cc1ccc(NC(=O)CN(C)C(=O)C[NH+]2CCC[C@@H](C)C2)cc1. The highest BCUT2D eigenvalue weighted by atomic mass is 16.2. The maximum atomic E-state index is 12.3. The highest BCUT2D eigenvalue weighted by Gasteiger charge is 2.24. The molecule has 0 radical (unpaired) electrons. The van der Waals surface area contributed by atoms with Crippen molar-refractivity contribution in [2.75, 3.05) is 38.5 Å². The quantitative estimate of drug-likeness (QED) is 0.840. The summed E-state index contributed by atoms with van der Waals surface area (Å²) in [6.45, 7) is 6.92. The summed E-state index contributed by atoms with van der Waals surface area (Å²) in [6.07, 6.45) is 2.44. The van der Waals surface area contributed by atoms with E-state index in [1.54, 1.807) is 7.05 Å². The second kappa shape index (κ2) is 8.11. The summed E-state index contributed by atoms with van der Waals surface area (Å²) < 4.78 is 0. The summed E-state index contributed by atoms with van der Waals surface area (Å²) in [6, 6.07) is 7.64. The number of rotatable bonds is 5. The molecule has 1 aliphatic heterocycles. The number of nitrogens with one attached hydrogen (secondary N) is 2. The Balaban J connectivity index is 1.78. The van der Waals surface area contributed by atoms with E-state index in [9.17, 15) is 9.59 Å². The van der Waals surface area contributed by atoms with Crippen molar-refractivity contribution in [3.05, 3.63) is 29.8 Å². The van der Waals surface area contributed by atoms with E-state index in [1.807, 2.05) is 31.2 Å². The summed E-state index contributed by atoms with van der Waals surface area (Å²) in [5.41, 5.74) is 1.91. The third-order valence-electron chi connectivity index (χ3n) is 4.41. The molecule has 1 fully saturated rings. The summed E-state index contributed by atoms with van der Waals surface area (Å²) in [5.74, 6) is 0.557. The lowest BCUT2D eigenvalue weighted by atomic mass is 10.0. The lowest BCUT2D eigenvalue weighted by Gasteiger charge is -2.28. The number of quaternary nitrogens is 1.